The number of rotatable bonds is 2. The summed E-state index contributed by atoms with van der Waals surface area (Å²) < 4.78 is 0. The van der Waals surface area contributed by atoms with E-state index in [4.69, 9.17) is 0 Å². The second kappa shape index (κ2) is 4.91. The summed E-state index contributed by atoms with van der Waals surface area (Å²) in [6.45, 7) is 4.01. The van der Waals surface area contributed by atoms with Crippen molar-refractivity contribution in [3.8, 4) is 6.07 Å². The smallest absolute Gasteiger partial charge is 0.187 e. The Hall–Kier alpha value is -2.45. The van der Waals surface area contributed by atoms with Crippen LogP contribution in [0, 0.1) is 25.2 Å². The van der Waals surface area contributed by atoms with Crippen LogP contribution in [0.5, 0.6) is 0 Å². The number of hydrogen-bond acceptors (Lipinski definition) is 5. The third kappa shape index (κ3) is 2.10. The largest absolute Gasteiger partial charge is 0.330 e. The first-order valence-electron chi connectivity index (χ1n) is 6.18. The highest BCUT2D eigenvalue weighted by Gasteiger charge is 2.11. The van der Waals surface area contributed by atoms with Gasteiger partial charge in [-0.25, -0.2) is 4.98 Å². The van der Waals surface area contributed by atoms with Crippen LogP contribution in [0.25, 0.3) is 10.9 Å². The molecule has 0 aliphatic carbocycles. The zero-order chi connectivity index (χ0) is 14.1. The summed E-state index contributed by atoms with van der Waals surface area (Å²) in [5.41, 5.74) is 3.16. The third-order valence-corrected chi connectivity index (χ3v) is 4.14. The molecule has 0 radical (unpaired) electrons. The standard InChI is InChI=1S/C15H12N4S/c1-9-10(2)20-15(18-9)19-14-11(7-16)8-17-13-6-4-3-5-12(13)14/h3-6,8H,1-2H3,(H,17,18,19). The van der Waals surface area contributed by atoms with Gasteiger partial charge >= 0.3 is 0 Å². The van der Waals surface area contributed by atoms with Crippen molar-refractivity contribution in [2.75, 3.05) is 5.32 Å². The number of nitriles is 1. The van der Waals surface area contributed by atoms with Crippen LogP contribution in [0.2, 0.25) is 0 Å². The fourth-order valence-corrected chi connectivity index (χ4v) is 2.81. The van der Waals surface area contributed by atoms with Gasteiger partial charge in [-0.3, -0.25) is 4.98 Å². The van der Waals surface area contributed by atoms with E-state index in [0.717, 1.165) is 27.4 Å². The Labute approximate surface area is 120 Å². The van der Waals surface area contributed by atoms with E-state index in [-0.39, 0.29) is 0 Å². The molecule has 3 aromatic rings. The zero-order valence-corrected chi connectivity index (χ0v) is 12.0. The zero-order valence-electron chi connectivity index (χ0n) is 11.1. The molecule has 5 heteroatoms. The number of thiazole rings is 1. The van der Waals surface area contributed by atoms with Gasteiger partial charge in [-0.1, -0.05) is 18.2 Å². The van der Waals surface area contributed by atoms with Crippen LogP contribution in [0.3, 0.4) is 0 Å². The van der Waals surface area contributed by atoms with Crippen molar-refractivity contribution in [2.24, 2.45) is 0 Å². The maximum absolute atomic E-state index is 9.27. The van der Waals surface area contributed by atoms with Gasteiger partial charge in [0.2, 0.25) is 0 Å². The minimum Gasteiger partial charge on any atom is -0.330 e. The maximum Gasteiger partial charge on any atom is 0.187 e. The van der Waals surface area contributed by atoms with Crippen molar-refractivity contribution in [1.29, 1.82) is 5.26 Å². The molecule has 0 aliphatic rings. The van der Waals surface area contributed by atoms with Crippen molar-refractivity contribution in [3.05, 3.63) is 46.6 Å². The lowest BCUT2D eigenvalue weighted by Crippen LogP contribution is -1.96. The first kappa shape index (κ1) is 12.6. The summed E-state index contributed by atoms with van der Waals surface area (Å²) in [6, 6.07) is 9.94. The predicted octanol–water partition coefficient (Wildman–Crippen LogP) is 3.92. The lowest BCUT2D eigenvalue weighted by molar-refractivity contribution is 1.23. The molecule has 2 heterocycles. The molecule has 2 aromatic heterocycles. The van der Waals surface area contributed by atoms with E-state index >= 15 is 0 Å². The average Bonchev–Trinajstić information content (AvgIpc) is 2.78. The van der Waals surface area contributed by atoms with E-state index in [9.17, 15) is 5.26 Å². The highest BCUT2D eigenvalue weighted by molar-refractivity contribution is 7.15. The molecular weight excluding hydrogens is 268 g/mol. The third-order valence-electron chi connectivity index (χ3n) is 3.16. The van der Waals surface area contributed by atoms with Gasteiger partial charge in [0.15, 0.2) is 5.13 Å². The molecule has 0 saturated heterocycles. The van der Waals surface area contributed by atoms with Crippen LogP contribution in [-0.2, 0) is 0 Å². The molecule has 1 aromatic carbocycles. The Bertz CT molecular complexity index is 810. The van der Waals surface area contributed by atoms with E-state index < -0.39 is 0 Å². The quantitative estimate of drug-likeness (QED) is 0.772. The normalized spacial score (nSPS) is 10.4. The van der Waals surface area contributed by atoms with Gasteiger partial charge in [0, 0.05) is 16.5 Å². The number of nitrogens with zero attached hydrogens (tertiary/aromatic N) is 3. The molecule has 1 N–H and O–H groups in total. The molecule has 0 spiro atoms. The van der Waals surface area contributed by atoms with E-state index in [2.05, 4.69) is 21.4 Å². The Kier molecular flexibility index (Phi) is 3.09. The Morgan fingerprint density at radius 1 is 1.25 bits per heavy atom. The van der Waals surface area contributed by atoms with Crippen LogP contribution in [-0.4, -0.2) is 9.97 Å². The van der Waals surface area contributed by atoms with Crippen LogP contribution in [0.1, 0.15) is 16.1 Å². The first-order chi connectivity index (χ1) is 9.69. The molecule has 0 amide bonds. The molecule has 20 heavy (non-hydrogen) atoms. The molecule has 0 bridgehead atoms. The maximum atomic E-state index is 9.27. The number of benzene rings is 1. The topological polar surface area (TPSA) is 61.6 Å². The molecule has 0 fully saturated rings. The van der Waals surface area contributed by atoms with E-state index in [1.807, 2.05) is 38.1 Å². The summed E-state index contributed by atoms with van der Waals surface area (Å²) in [5, 5.41) is 14.3. The molecule has 0 unspecified atom stereocenters. The van der Waals surface area contributed by atoms with Gasteiger partial charge in [-0.15, -0.1) is 11.3 Å². The minimum atomic E-state index is 0.522. The number of para-hydroxylation sites is 1. The minimum absolute atomic E-state index is 0.522. The number of anilines is 2. The number of aryl methyl sites for hydroxylation is 2. The second-order valence-electron chi connectivity index (χ2n) is 4.46. The SMILES string of the molecule is Cc1nc(Nc2c(C#N)cnc3ccccc23)sc1C. The molecule has 4 nitrogen and oxygen atoms in total. The van der Waals surface area contributed by atoms with Crippen LogP contribution in [0.4, 0.5) is 10.8 Å². The second-order valence-corrected chi connectivity index (χ2v) is 5.66. The van der Waals surface area contributed by atoms with Gasteiger partial charge in [0.1, 0.15) is 6.07 Å². The van der Waals surface area contributed by atoms with Gasteiger partial charge < -0.3 is 5.32 Å². The monoisotopic (exact) mass is 280 g/mol. The first-order valence-corrected chi connectivity index (χ1v) is 6.99. The lowest BCUT2D eigenvalue weighted by atomic mass is 10.1. The molecule has 98 valence electrons. The summed E-state index contributed by atoms with van der Waals surface area (Å²) in [5.74, 6) is 0. The number of hydrogen-bond donors (Lipinski definition) is 1. The summed E-state index contributed by atoms with van der Waals surface area (Å²) in [6.07, 6.45) is 1.60. The van der Waals surface area contributed by atoms with Crippen LogP contribution in [0.15, 0.2) is 30.5 Å². The van der Waals surface area contributed by atoms with E-state index in [1.54, 1.807) is 17.5 Å². The number of pyridine rings is 1. The fraction of sp³-hybridized carbons (Fsp3) is 0.133. The Balaban J connectivity index is 2.16. The van der Waals surface area contributed by atoms with Crippen molar-refractivity contribution >= 4 is 33.1 Å². The van der Waals surface area contributed by atoms with Crippen molar-refractivity contribution in [1.82, 2.24) is 9.97 Å². The molecule has 0 saturated carbocycles. The van der Waals surface area contributed by atoms with Gasteiger partial charge in [-0.2, -0.15) is 5.26 Å². The lowest BCUT2D eigenvalue weighted by Gasteiger charge is -2.08. The van der Waals surface area contributed by atoms with Crippen molar-refractivity contribution < 1.29 is 0 Å². The van der Waals surface area contributed by atoms with Gasteiger partial charge in [0.05, 0.1) is 22.5 Å². The number of fused-ring (bicyclic) bond motifs is 1. The number of nitrogens with one attached hydrogen (secondary N) is 1. The van der Waals surface area contributed by atoms with Gasteiger partial charge in [-0.05, 0) is 19.9 Å². The molecular formula is C15H12N4S. The Morgan fingerprint density at radius 3 is 2.75 bits per heavy atom. The number of aromatic nitrogens is 2. The van der Waals surface area contributed by atoms with Gasteiger partial charge in [0.25, 0.3) is 0 Å². The van der Waals surface area contributed by atoms with Crippen molar-refractivity contribution in [2.45, 2.75) is 13.8 Å². The van der Waals surface area contributed by atoms with E-state index in [0.29, 0.717) is 5.56 Å². The Morgan fingerprint density at radius 2 is 2.05 bits per heavy atom. The predicted molar refractivity (Wildman–Crippen MR) is 81.3 cm³/mol. The molecule has 3 rings (SSSR count). The highest BCUT2D eigenvalue weighted by atomic mass is 32.1. The van der Waals surface area contributed by atoms with E-state index in [1.165, 1.54) is 4.88 Å². The molecule has 0 aliphatic heterocycles. The summed E-state index contributed by atoms with van der Waals surface area (Å²) >= 11 is 1.58. The highest BCUT2D eigenvalue weighted by Crippen LogP contribution is 2.31. The summed E-state index contributed by atoms with van der Waals surface area (Å²) in [4.78, 5) is 9.93. The van der Waals surface area contributed by atoms with Crippen LogP contribution < -0.4 is 5.32 Å². The average molecular weight is 280 g/mol. The summed E-state index contributed by atoms with van der Waals surface area (Å²) in [7, 11) is 0. The van der Waals surface area contributed by atoms with Crippen LogP contribution >= 0.6 is 11.3 Å². The van der Waals surface area contributed by atoms with Crippen molar-refractivity contribution in [3.63, 3.8) is 0 Å². The fourth-order valence-electron chi connectivity index (χ4n) is 1.99. The molecule has 0 atom stereocenters.